The summed E-state index contributed by atoms with van der Waals surface area (Å²) in [4.78, 5) is 0. The van der Waals surface area contributed by atoms with Gasteiger partial charge in [0.25, 0.3) is 0 Å². The molecule has 7 rings (SSSR count). The van der Waals surface area contributed by atoms with Gasteiger partial charge in [0, 0.05) is 24.3 Å². The number of hydrogen-bond acceptors (Lipinski definition) is 0. The summed E-state index contributed by atoms with van der Waals surface area (Å²) < 4.78 is 115. The Morgan fingerprint density at radius 3 is 0.565 bits per heavy atom. The van der Waals surface area contributed by atoms with E-state index in [0.29, 0.717) is 68.1 Å². The normalized spacial score (nSPS) is 11.5. The molecule has 0 heterocycles. The van der Waals surface area contributed by atoms with Gasteiger partial charge >= 0.3 is 0 Å². The fourth-order valence-corrected chi connectivity index (χ4v) is 6.03. The van der Waals surface area contributed by atoms with Gasteiger partial charge in [0.15, 0.2) is 0 Å². The SMILES string of the molecule is Fc1cc(F)cc(-c2ccc(-c3cc(F)cc(F)c3)c3cc4c(-c5cc(F)cc(F)c5)ccc(-c5cc(F)cc(F)c5)c4cc23)c1. The maximum Gasteiger partial charge on any atom is 0.126 e. The van der Waals surface area contributed by atoms with Gasteiger partial charge in [-0.3, -0.25) is 0 Å². The van der Waals surface area contributed by atoms with Crippen molar-refractivity contribution in [1.82, 2.24) is 0 Å². The minimum absolute atomic E-state index is 0.153. The lowest BCUT2D eigenvalue weighted by Gasteiger charge is -2.18. The summed E-state index contributed by atoms with van der Waals surface area (Å²) in [7, 11) is 0. The zero-order valence-corrected chi connectivity index (χ0v) is 23.4. The van der Waals surface area contributed by atoms with Crippen LogP contribution in [0.15, 0.2) is 109 Å². The second kappa shape index (κ2) is 11.1. The van der Waals surface area contributed by atoms with Gasteiger partial charge in [-0.15, -0.1) is 0 Å². The third-order valence-electron chi connectivity index (χ3n) is 7.85. The first-order valence-electron chi connectivity index (χ1n) is 13.9. The first-order valence-corrected chi connectivity index (χ1v) is 13.9. The molecule has 0 aliphatic heterocycles. The number of fused-ring (bicyclic) bond motifs is 2. The van der Waals surface area contributed by atoms with Crippen LogP contribution < -0.4 is 0 Å². The van der Waals surface area contributed by atoms with Crippen molar-refractivity contribution in [3.63, 3.8) is 0 Å². The fourth-order valence-electron chi connectivity index (χ4n) is 6.03. The van der Waals surface area contributed by atoms with Crippen LogP contribution in [0.5, 0.6) is 0 Å². The molecule has 0 bridgehead atoms. The van der Waals surface area contributed by atoms with Crippen LogP contribution in [-0.2, 0) is 0 Å². The number of halogens is 8. The van der Waals surface area contributed by atoms with Crippen LogP contribution in [0.4, 0.5) is 35.1 Å². The molecule has 0 saturated heterocycles. The van der Waals surface area contributed by atoms with Crippen molar-refractivity contribution in [1.29, 1.82) is 0 Å². The van der Waals surface area contributed by atoms with Gasteiger partial charge in [-0.2, -0.15) is 0 Å². The zero-order valence-electron chi connectivity index (χ0n) is 23.4. The Bertz CT molecular complexity index is 1950. The van der Waals surface area contributed by atoms with E-state index in [9.17, 15) is 35.1 Å². The van der Waals surface area contributed by atoms with Gasteiger partial charge in [-0.05, 0) is 127 Å². The number of benzene rings is 7. The van der Waals surface area contributed by atoms with Crippen molar-refractivity contribution < 1.29 is 35.1 Å². The molecule has 0 aromatic heterocycles. The van der Waals surface area contributed by atoms with Crippen LogP contribution in [0.25, 0.3) is 66.1 Å². The third-order valence-corrected chi connectivity index (χ3v) is 7.85. The molecule has 0 fully saturated rings. The third kappa shape index (κ3) is 5.36. The topological polar surface area (TPSA) is 0 Å². The molecule has 0 atom stereocenters. The van der Waals surface area contributed by atoms with Crippen molar-refractivity contribution in [2.24, 2.45) is 0 Å². The lowest BCUT2D eigenvalue weighted by Crippen LogP contribution is -1.93. The van der Waals surface area contributed by atoms with Crippen LogP contribution in [0.3, 0.4) is 0 Å². The van der Waals surface area contributed by atoms with E-state index >= 15 is 0 Å². The molecule has 8 heteroatoms. The molecule has 0 saturated carbocycles. The monoisotopic (exact) mass is 626 g/mol. The van der Waals surface area contributed by atoms with E-state index < -0.39 is 46.5 Å². The molecule has 0 N–H and O–H groups in total. The summed E-state index contributed by atoms with van der Waals surface area (Å²) in [6.45, 7) is 0. The molecule has 0 nitrogen and oxygen atoms in total. The highest BCUT2D eigenvalue weighted by Crippen LogP contribution is 2.44. The Balaban J connectivity index is 1.66. The van der Waals surface area contributed by atoms with Gasteiger partial charge < -0.3 is 0 Å². The average molecular weight is 627 g/mol. The predicted octanol–water partition coefficient (Wildman–Crippen LogP) is 11.8. The molecule has 46 heavy (non-hydrogen) atoms. The summed E-state index contributed by atoms with van der Waals surface area (Å²) in [5.74, 6) is -6.73. The molecule has 0 aliphatic rings. The smallest absolute Gasteiger partial charge is 0.126 e. The molecule has 0 amide bonds. The molecule has 7 aromatic rings. The van der Waals surface area contributed by atoms with E-state index in [1.54, 1.807) is 36.4 Å². The van der Waals surface area contributed by atoms with Crippen molar-refractivity contribution in [2.75, 3.05) is 0 Å². The first-order chi connectivity index (χ1) is 22.0. The zero-order chi connectivity index (χ0) is 32.3. The highest BCUT2D eigenvalue weighted by atomic mass is 19.2. The van der Waals surface area contributed by atoms with E-state index in [1.807, 2.05) is 0 Å². The summed E-state index contributed by atoms with van der Waals surface area (Å²) in [6, 6.07) is 21.3. The van der Waals surface area contributed by atoms with Gasteiger partial charge in [0.05, 0.1) is 0 Å². The summed E-state index contributed by atoms with van der Waals surface area (Å²) in [5, 5.41) is 1.50. The Hall–Kier alpha value is -5.50. The second-order valence-corrected chi connectivity index (χ2v) is 10.9. The Morgan fingerprint density at radius 2 is 0.391 bits per heavy atom. The standard InChI is InChI=1S/C38H18F8/c39-23-5-19(6-24(40)13-23)31-1-2-32(20-7-25(41)14-26(42)8-20)36-18-38-34(22-11-29(45)16-30(46)12-22)4-3-33(37(38)17-35(31)36)21-9-27(43)15-28(44)10-21/h1-18H. The van der Waals surface area contributed by atoms with Crippen molar-refractivity contribution in [3.8, 4) is 44.5 Å². The fraction of sp³-hybridized carbons (Fsp3) is 0. The predicted molar refractivity (Wildman–Crippen MR) is 163 cm³/mol. The Kier molecular flexibility index (Phi) is 7.08. The second-order valence-electron chi connectivity index (χ2n) is 10.9. The van der Waals surface area contributed by atoms with Gasteiger partial charge in [-0.1, -0.05) is 24.3 Å². The van der Waals surface area contributed by atoms with Gasteiger partial charge in [0.1, 0.15) is 46.5 Å². The quantitative estimate of drug-likeness (QED) is 0.135. The maximum atomic E-state index is 14.4. The molecule has 7 aromatic carbocycles. The minimum atomic E-state index is -0.841. The summed E-state index contributed by atoms with van der Waals surface area (Å²) >= 11 is 0. The van der Waals surface area contributed by atoms with E-state index in [1.165, 1.54) is 0 Å². The largest absolute Gasteiger partial charge is 0.207 e. The van der Waals surface area contributed by atoms with Crippen molar-refractivity contribution >= 4 is 21.5 Å². The number of hydrogen-bond donors (Lipinski definition) is 0. The van der Waals surface area contributed by atoms with E-state index in [4.69, 9.17) is 0 Å². The van der Waals surface area contributed by atoms with Crippen LogP contribution in [0, 0.1) is 46.5 Å². The Labute approximate surface area is 256 Å². The van der Waals surface area contributed by atoms with Crippen molar-refractivity contribution in [2.45, 2.75) is 0 Å². The van der Waals surface area contributed by atoms with Crippen LogP contribution in [0.2, 0.25) is 0 Å². The highest BCUT2D eigenvalue weighted by Gasteiger charge is 2.19. The van der Waals surface area contributed by atoms with Crippen LogP contribution in [0.1, 0.15) is 0 Å². The van der Waals surface area contributed by atoms with Crippen molar-refractivity contribution in [3.05, 3.63) is 156 Å². The average Bonchev–Trinajstić information content (AvgIpc) is 2.97. The summed E-state index contributed by atoms with van der Waals surface area (Å²) in [6.07, 6.45) is 0. The molecule has 226 valence electrons. The number of rotatable bonds is 4. The minimum Gasteiger partial charge on any atom is -0.207 e. The molecule has 0 spiro atoms. The van der Waals surface area contributed by atoms with Gasteiger partial charge in [0.2, 0.25) is 0 Å². The van der Waals surface area contributed by atoms with E-state index in [-0.39, 0.29) is 22.3 Å². The lowest BCUT2D eigenvalue weighted by atomic mass is 9.86. The van der Waals surface area contributed by atoms with E-state index in [0.717, 1.165) is 48.5 Å². The van der Waals surface area contributed by atoms with Crippen LogP contribution in [-0.4, -0.2) is 0 Å². The molecule has 0 unspecified atom stereocenters. The summed E-state index contributed by atoms with van der Waals surface area (Å²) in [5.41, 5.74) is 1.98. The lowest BCUT2D eigenvalue weighted by molar-refractivity contribution is 0.583. The first kappa shape index (κ1) is 29.2. The Morgan fingerprint density at radius 1 is 0.217 bits per heavy atom. The highest BCUT2D eigenvalue weighted by molar-refractivity contribution is 6.16. The van der Waals surface area contributed by atoms with Gasteiger partial charge in [-0.25, -0.2) is 35.1 Å². The molecule has 0 radical (unpaired) electrons. The van der Waals surface area contributed by atoms with Crippen LogP contribution >= 0.6 is 0 Å². The molecular weight excluding hydrogens is 608 g/mol. The maximum absolute atomic E-state index is 14.4. The molecule has 0 aliphatic carbocycles. The molecular formula is C38H18F8. The van der Waals surface area contributed by atoms with E-state index in [2.05, 4.69) is 0 Å².